The van der Waals surface area contributed by atoms with Crippen LogP contribution in [0.1, 0.15) is 31.5 Å². The van der Waals surface area contributed by atoms with E-state index in [0.717, 1.165) is 25.1 Å². The van der Waals surface area contributed by atoms with Gasteiger partial charge in [-0.15, -0.1) is 10.2 Å². The summed E-state index contributed by atoms with van der Waals surface area (Å²) in [5, 5.41) is 12.7. The van der Waals surface area contributed by atoms with Gasteiger partial charge in [0.15, 0.2) is 11.6 Å². The van der Waals surface area contributed by atoms with E-state index in [1.807, 2.05) is 0 Å². The monoisotopic (exact) mass is 320 g/mol. The third-order valence-corrected chi connectivity index (χ3v) is 3.95. The molecule has 0 unspecified atom stereocenters. The van der Waals surface area contributed by atoms with Gasteiger partial charge in [0, 0.05) is 6.42 Å². The lowest BCUT2D eigenvalue weighted by molar-refractivity contribution is 0.390. The Morgan fingerprint density at radius 2 is 2.27 bits per heavy atom. The molecule has 3 heterocycles. The smallest absolute Gasteiger partial charge is 0.238 e. The second-order valence-electron chi connectivity index (χ2n) is 4.65. The minimum absolute atomic E-state index is 0.429. The SMILES string of the molecule is CCCCc1nnc(SCc2nc(-c3ccco3)no2)n1N. The van der Waals surface area contributed by atoms with Crippen LogP contribution in [0.5, 0.6) is 0 Å². The first-order chi connectivity index (χ1) is 10.8. The highest BCUT2D eigenvalue weighted by Crippen LogP contribution is 2.22. The Balaban J connectivity index is 1.62. The predicted molar refractivity (Wildman–Crippen MR) is 80.3 cm³/mol. The van der Waals surface area contributed by atoms with E-state index in [4.69, 9.17) is 14.8 Å². The van der Waals surface area contributed by atoms with Crippen molar-refractivity contribution in [2.24, 2.45) is 0 Å². The number of thioether (sulfide) groups is 1. The summed E-state index contributed by atoms with van der Waals surface area (Å²) in [6.45, 7) is 2.12. The number of aryl methyl sites for hydroxylation is 1. The molecule has 0 amide bonds. The molecule has 0 spiro atoms. The first kappa shape index (κ1) is 14.6. The van der Waals surface area contributed by atoms with E-state index in [0.29, 0.717) is 28.4 Å². The minimum Gasteiger partial charge on any atom is -0.461 e. The summed E-state index contributed by atoms with van der Waals surface area (Å²) in [5.74, 6) is 8.72. The average Bonchev–Trinajstić information content (AvgIpc) is 3.25. The molecule has 0 bridgehead atoms. The second kappa shape index (κ2) is 6.65. The molecule has 0 aliphatic rings. The van der Waals surface area contributed by atoms with Gasteiger partial charge in [-0.25, -0.2) is 4.68 Å². The fourth-order valence-electron chi connectivity index (χ4n) is 1.86. The molecule has 3 aromatic heterocycles. The van der Waals surface area contributed by atoms with Crippen LogP contribution in [0.2, 0.25) is 0 Å². The quantitative estimate of drug-likeness (QED) is 0.521. The molecule has 0 aliphatic carbocycles. The van der Waals surface area contributed by atoms with Gasteiger partial charge in [0.2, 0.25) is 16.9 Å². The molecule has 0 saturated carbocycles. The third-order valence-electron chi connectivity index (χ3n) is 3.02. The molecule has 8 nitrogen and oxygen atoms in total. The number of nitrogen functional groups attached to an aromatic ring is 1. The van der Waals surface area contributed by atoms with Crippen LogP contribution in [0.4, 0.5) is 0 Å². The topological polar surface area (TPSA) is 109 Å². The largest absolute Gasteiger partial charge is 0.461 e. The maximum atomic E-state index is 5.98. The Morgan fingerprint density at radius 1 is 1.36 bits per heavy atom. The molecule has 116 valence electrons. The van der Waals surface area contributed by atoms with Crippen LogP contribution in [-0.4, -0.2) is 25.0 Å². The van der Waals surface area contributed by atoms with Gasteiger partial charge in [0.1, 0.15) is 0 Å². The maximum absolute atomic E-state index is 5.98. The van der Waals surface area contributed by atoms with E-state index < -0.39 is 0 Å². The summed E-state index contributed by atoms with van der Waals surface area (Å²) in [6, 6.07) is 3.55. The van der Waals surface area contributed by atoms with Gasteiger partial charge in [-0.05, 0) is 18.6 Å². The molecule has 22 heavy (non-hydrogen) atoms. The number of nitrogens with zero attached hydrogens (tertiary/aromatic N) is 5. The van der Waals surface area contributed by atoms with Crippen molar-refractivity contribution in [3.05, 3.63) is 30.1 Å². The van der Waals surface area contributed by atoms with Crippen molar-refractivity contribution >= 4 is 11.8 Å². The minimum atomic E-state index is 0.429. The number of aromatic nitrogens is 5. The number of rotatable bonds is 7. The Labute approximate surface area is 131 Å². The molecule has 0 atom stereocenters. The lowest BCUT2D eigenvalue weighted by Crippen LogP contribution is -2.14. The zero-order valence-corrected chi connectivity index (χ0v) is 12.9. The normalized spacial score (nSPS) is 11.1. The number of furan rings is 1. The van der Waals surface area contributed by atoms with Crippen molar-refractivity contribution in [3.63, 3.8) is 0 Å². The number of unbranched alkanes of at least 4 members (excludes halogenated alkanes) is 1. The second-order valence-corrected chi connectivity index (χ2v) is 5.59. The summed E-state index contributed by atoms with van der Waals surface area (Å²) in [6.07, 6.45) is 4.52. The Kier molecular flexibility index (Phi) is 4.42. The molecule has 0 radical (unpaired) electrons. The van der Waals surface area contributed by atoms with Crippen molar-refractivity contribution in [1.82, 2.24) is 25.0 Å². The fraction of sp³-hybridized carbons (Fsp3) is 0.385. The molecule has 0 saturated heterocycles. The highest BCUT2D eigenvalue weighted by Gasteiger charge is 2.14. The molecule has 0 aromatic carbocycles. The summed E-state index contributed by atoms with van der Waals surface area (Å²) < 4.78 is 11.9. The van der Waals surface area contributed by atoms with Gasteiger partial charge >= 0.3 is 0 Å². The third kappa shape index (κ3) is 3.14. The van der Waals surface area contributed by atoms with E-state index in [-0.39, 0.29) is 0 Å². The molecule has 0 aliphatic heterocycles. The summed E-state index contributed by atoms with van der Waals surface area (Å²) in [4.78, 5) is 4.26. The standard InChI is InChI=1S/C13H16N6O2S/c1-2-3-6-10-16-17-13(19(10)14)22-8-11-15-12(18-21-11)9-5-4-7-20-9/h4-5,7H,2-3,6,8,14H2,1H3. The molecule has 9 heteroatoms. The fourth-order valence-corrected chi connectivity index (χ4v) is 2.57. The van der Waals surface area contributed by atoms with Crippen molar-refractivity contribution in [2.75, 3.05) is 5.84 Å². The Morgan fingerprint density at radius 3 is 3.05 bits per heavy atom. The van der Waals surface area contributed by atoms with Gasteiger partial charge < -0.3 is 14.8 Å². The van der Waals surface area contributed by atoms with Crippen LogP contribution >= 0.6 is 11.8 Å². The molecule has 0 fully saturated rings. The van der Waals surface area contributed by atoms with Gasteiger partial charge in [0.25, 0.3) is 0 Å². The van der Waals surface area contributed by atoms with Crippen molar-refractivity contribution < 1.29 is 8.94 Å². The van der Waals surface area contributed by atoms with Gasteiger partial charge in [-0.2, -0.15) is 4.98 Å². The highest BCUT2D eigenvalue weighted by atomic mass is 32.2. The molecule has 3 rings (SSSR count). The number of hydrogen-bond acceptors (Lipinski definition) is 8. The summed E-state index contributed by atoms with van der Waals surface area (Å²) >= 11 is 1.40. The molecular weight excluding hydrogens is 304 g/mol. The zero-order valence-electron chi connectivity index (χ0n) is 12.1. The predicted octanol–water partition coefficient (Wildman–Crippen LogP) is 2.27. The van der Waals surface area contributed by atoms with E-state index >= 15 is 0 Å². The van der Waals surface area contributed by atoms with Crippen molar-refractivity contribution in [1.29, 1.82) is 0 Å². The number of hydrogen-bond donors (Lipinski definition) is 1. The van der Waals surface area contributed by atoms with Crippen LogP contribution in [0.15, 0.2) is 32.5 Å². The van der Waals surface area contributed by atoms with Crippen LogP contribution < -0.4 is 5.84 Å². The van der Waals surface area contributed by atoms with E-state index in [9.17, 15) is 0 Å². The molecule has 2 N–H and O–H groups in total. The van der Waals surface area contributed by atoms with Crippen LogP contribution in [-0.2, 0) is 12.2 Å². The number of nitrogens with two attached hydrogens (primary N) is 1. The lowest BCUT2D eigenvalue weighted by atomic mass is 10.2. The Bertz CT molecular complexity index is 721. The summed E-state index contributed by atoms with van der Waals surface area (Å²) in [5.41, 5.74) is 0. The lowest BCUT2D eigenvalue weighted by Gasteiger charge is -2.01. The first-order valence-electron chi connectivity index (χ1n) is 6.96. The van der Waals surface area contributed by atoms with Gasteiger partial charge in [-0.3, -0.25) is 0 Å². The van der Waals surface area contributed by atoms with Crippen molar-refractivity contribution in [3.8, 4) is 11.6 Å². The zero-order chi connectivity index (χ0) is 15.4. The molecular formula is C13H16N6O2S. The summed E-state index contributed by atoms with van der Waals surface area (Å²) in [7, 11) is 0. The highest BCUT2D eigenvalue weighted by molar-refractivity contribution is 7.98. The maximum Gasteiger partial charge on any atom is 0.238 e. The van der Waals surface area contributed by atoms with Crippen LogP contribution in [0.25, 0.3) is 11.6 Å². The van der Waals surface area contributed by atoms with Crippen LogP contribution in [0.3, 0.4) is 0 Å². The van der Waals surface area contributed by atoms with Gasteiger partial charge in [-0.1, -0.05) is 30.3 Å². The van der Waals surface area contributed by atoms with Crippen molar-refractivity contribution in [2.45, 2.75) is 37.1 Å². The van der Waals surface area contributed by atoms with Crippen LogP contribution in [0, 0.1) is 0 Å². The molecule has 3 aromatic rings. The van der Waals surface area contributed by atoms with E-state index in [2.05, 4.69) is 27.3 Å². The Hall–Kier alpha value is -2.29. The van der Waals surface area contributed by atoms with E-state index in [1.54, 1.807) is 18.4 Å². The first-order valence-corrected chi connectivity index (χ1v) is 7.95. The van der Waals surface area contributed by atoms with Gasteiger partial charge in [0.05, 0.1) is 12.0 Å². The van der Waals surface area contributed by atoms with E-state index in [1.165, 1.54) is 16.4 Å². The average molecular weight is 320 g/mol.